The highest BCUT2D eigenvalue weighted by Crippen LogP contribution is 2.27. The number of likely N-dealkylation sites (N-methyl/N-ethyl adjacent to an activating group) is 1. The second-order valence-corrected chi connectivity index (χ2v) is 8.68. The lowest BCUT2D eigenvalue weighted by Crippen LogP contribution is -2.36. The van der Waals surface area contributed by atoms with Gasteiger partial charge in [0.25, 0.3) is 0 Å². The molecule has 0 fully saturated rings. The van der Waals surface area contributed by atoms with Gasteiger partial charge in [-0.2, -0.15) is 10.2 Å². The van der Waals surface area contributed by atoms with Crippen molar-refractivity contribution < 1.29 is 4.79 Å². The van der Waals surface area contributed by atoms with Crippen molar-refractivity contribution in [3.05, 3.63) is 68.7 Å². The third kappa shape index (κ3) is 4.06. The van der Waals surface area contributed by atoms with Gasteiger partial charge in [-0.1, -0.05) is 23.8 Å². The molecule has 0 spiro atoms. The van der Waals surface area contributed by atoms with E-state index < -0.39 is 5.92 Å². The van der Waals surface area contributed by atoms with Crippen LogP contribution >= 0.6 is 0 Å². The molecule has 8 nitrogen and oxygen atoms in total. The fourth-order valence-corrected chi connectivity index (χ4v) is 4.38. The zero-order chi connectivity index (χ0) is 22.3. The molecule has 1 aromatic carbocycles. The highest BCUT2D eigenvalue weighted by atomic mass is 16.2. The lowest BCUT2D eigenvalue weighted by molar-refractivity contribution is -0.132. The van der Waals surface area contributed by atoms with Crippen molar-refractivity contribution in [2.75, 3.05) is 7.05 Å². The van der Waals surface area contributed by atoms with Gasteiger partial charge in [-0.05, 0) is 44.7 Å². The third-order valence-electron chi connectivity index (χ3n) is 6.16. The number of amides is 1. The summed E-state index contributed by atoms with van der Waals surface area (Å²) < 4.78 is 4.95. The smallest absolute Gasteiger partial charge is 0.341 e. The van der Waals surface area contributed by atoms with E-state index in [0.29, 0.717) is 31.9 Å². The van der Waals surface area contributed by atoms with Gasteiger partial charge >= 0.3 is 5.69 Å². The van der Waals surface area contributed by atoms with Gasteiger partial charge in [-0.25, -0.2) is 9.48 Å². The first-order valence-electron chi connectivity index (χ1n) is 10.7. The van der Waals surface area contributed by atoms with Crippen LogP contribution in [-0.4, -0.2) is 42.0 Å². The molecule has 1 unspecified atom stereocenters. The zero-order valence-corrected chi connectivity index (χ0v) is 18.9. The molecular formula is C23H30N6O2. The van der Waals surface area contributed by atoms with Crippen molar-refractivity contribution in [1.82, 2.24) is 29.0 Å². The molecule has 1 atom stereocenters. The molecular weight excluding hydrogens is 392 g/mol. The number of nitrogens with zero attached hydrogens (tertiary/aromatic N) is 6. The van der Waals surface area contributed by atoms with Crippen LogP contribution in [0.25, 0.3) is 0 Å². The number of fused-ring (bicyclic) bond motifs is 1. The monoisotopic (exact) mass is 422 g/mol. The molecule has 1 amide bonds. The summed E-state index contributed by atoms with van der Waals surface area (Å²) in [7, 11) is 3.68. The summed E-state index contributed by atoms with van der Waals surface area (Å²) in [5.74, 6) is 0.178. The molecule has 0 N–H and O–H groups in total. The van der Waals surface area contributed by atoms with Crippen LogP contribution in [0.5, 0.6) is 0 Å². The number of hydrogen-bond acceptors (Lipinski definition) is 4. The quantitative estimate of drug-likeness (QED) is 0.632. The average Bonchev–Trinajstić information content (AvgIpc) is 3.22. The predicted octanol–water partition coefficient (Wildman–Crippen LogP) is 2.29. The van der Waals surface area contributed by atoms with Crippen molar-refractivity contribution >= 4 is 5.91 Å². The molecule has 1 aliphatic rings. The Morgan fingerprint density at radius 2 is 1.97 bits per heavy atom. The highest BCUT2D eigenvalue weighted by molar-refractivity contribution is 5.82. The largest absolute Gasteiger partial charge is 0.346 e. The van der Waals surface area contributed by atoms with Gasteiger partial charge < -0.3 is 4.90 Å². The molecule has 31 heavy (non-hydrogen) atoms. The van der Waals surface area contributed by atoms with E-state index in [1.54, 1.807) is 21.2 Å². The van der Waals surface area contributed by atoms with E-state index in [9.17, 15) is 9.59 Å². The van der Waals surface area contributed by atoms with Crippen molar-refractivity contribution in [3.8, 4) is 0 Å². The van der Waals surface area contributed by atoms with E-state index >= 15 is 0 Å². The predicted molar refractivity (Wildman–Crippen MR) is 118 cm³/mol. The second-order valence-electron chi connectivity index (χ2n) is 8.68. The highest BCUT2D eigenvalue weighted by Gasteiger charge is 2.33. The second kappa shape index (κ2) is 8.17. The number of hydrogen-bond donors (Lipinski definition) is 0. The molecule has 1 aliphatic heterocycles. The molecule has 0 saturated carbocycles. The van der Waals surface area contributed by atoms with Gasteiger partial charge in [0.15, 0.2) is 0 Å². The molecule has 0 aliphatic carbocycles. The molecule has 0 saturated heterocycles. The van der Waals surface area contributed by atoms with Gasteiger partial charge in [-0.3, -0.25) is 14.0 Å². The Bertz CT molecular complexity index is 1190. The molecule has 3 aromatic rings. The fraction of sp³-hybridized carbons (Fsp3) is 0.478. The van der Waals surface area contributed by atoms with Crippen molar-refractivity contribution in [2.24, 2.45) is 7.05 Å². The summed E-state index contributed by atoms with van der Waals surface area (Å²) in [4.78, 5) is 28.0. The van der Waals surface area contributed by atoms with E-state index in [0.717, 1.165) is 34.4 Å². The lowest BCUT2D eigenvalue weighted by Gasteiger charge is -2.26. The summed E-state index contributed by atoms with van der Waals surface area (Å²) >= 11 is 0. The van der Waals surface area contributed by atoms with E-state index in [1.807, 2.05) is 34.0 Å². The normalized spacial score (nSPS) is 15.7. The Hall–Kier alpha value is -3.16. The minimum Gasteiger partial charge on any atom is -0.341 e. The Morgan fingerprint density at radius 3 is 2.68 bits per heavy atom. The van der Waals surface area contributed by atoms with Crippen LogP contribution in [0.2, 0.25) is 0 Å². The van der Waals surface area contributed by atoms with Crippen molar-refractivity contribution in [3.63, 3.8) is 0 Å². The Kier molecular flexibility index (Phi) is 5.56. The first kappa shape index (κ1) is 21.1. The van der Waals surface area contributed by atoms with E-state index in [-0.39, 0.29) is 11.6 Å². The molecule has 0 radical (unpaired) electrons. The molecule has 2 aromatic heterocycles. The number of aromatic nitrogens is 5. The Labute approximate surface area is 182 Å². The van der Waals surface area contributed by atoms with Crippen LogP contribution in [0.15, 0.2) is 29.2 Å². The van der Waals surface area contributed by atoms with Crippen LogP contribution in [0, 0.1) is 20.8 Å². The summed E-state index contributed by atoms with van der Waals surface area (Å²) in [5.41, 5.74) is 5.15. The number of carbonyl (C=O) groups excluding carboxylic acids is 1. The fourth-order valence-electron chi connectivity index (χ4n) is 4.38. The van der Waals surface area contributed by atoms with Gasteiger partial charge in [0.05, 0.1) is 18.2 Å². The van der Waals surface area contributed by atoms with Gasteiger partial charge in [-0.15, -0.1) is 0 Å². The van der Waals surface area contributed by atoms with E-state index in [4.69, 9.17) is 0 Å². The third-order valence-corrected chi connectivity index (χ3v) is 6.16. The van der Waals surface area contributed by atoms with Crippen molar-refractivity contribution in [2.45, 2.75) is 59.2 Å². The minimum absolute atomic E-state index is 0.00640. The van der Waals surface area contributed by atoms with Crippen LogP contribution in [0.4, 0.5) is 0 Å². The number of carbonyl (C=O) groups is 1. The van der Waals surface area contributed by atoms with Crippen LogP contribution in [-0.2, 0) is 31.5 Å². The minimum atomic E-state index is -0.400. The Balaban J connectivity index is 1.59. The summed E-state index contributed by atoms with van der Waals surface area (Å²) in [6, 6.07) is 6.22. The van der Waals surface area contributed by atoms with Gasteiger partial charge in [0, 0.05) is 38.9 Å². The molecule has 164 valence electrons. The first-order valence-corrected chi connectivity index (χ1v) is 10.7. The summed E-state index contributed by atoms with van der Waals surface area (Å²) in [6.45, 7) is 7.54. The summed E-state index contributed by atoms with van der Waals surface area (Å²) in [6.07, 6.45) is 3.43. The number of aryl methyl sites for hydroxylation is 4. The van der Waals surface area contributed by atoms with Crippen LogP contribution in [0.1, 0.15) is 52.5 Å². The van der Waals surface area contributed by atoms with E-state index in [2.05, 4.69) is 28.4 Å². The average molecular weight is 423 g/mol. The standard InChI is InChI=1S/C23H30N6O2/c1-15-8-9-16(2)18(11-15)14-29-23(31)28-10-6-7-20(21(28)25-29)22(30)26(4)12-19-13-27(5)24-17(19)3/h8-9,11,13,20H,6-7,10,12,14H2,1-5H3. The lowest BCUT2D eigenvalue weighted by atomic mass is 9.97. The van der Waals surface area contributed by atoms with Crippen LogP contribution in [0.3, 0.4) is 0 Å². The zero-order valence-electron chi connectivity index (χ0n) is 18.9. The molecule has 0 bridgehead atoms. The topological polar surface area (TPSA) is 78.0 Å². The maximum absolute atomic E-state index is 13.3. The SMILES string of the molecule is Cc1ccc(C)c(Cn2nc3n(c2=O)CCCC3C(=O)N(C)Cc2cn(C)nc2C)c1. The van der Waals surface area contributed by atoms with Gasteiger partial charge in [0.2, 0.25) is 5.91 Å². The molecule has 3 heterocycles. The van der Waals surface area contributed by atoms with Crippen LogP contribution < -0.4 is 5.69 Å². The Morgan fingerprint density at radius 1 is 1.19 bits per heavy atom. The van der Waals surface area contributed by atoms with Gasteiger partial charge in [0.1, 0.15) is 5.82 Å². The molecule has 8 heteroatoms. The first-order chi connectivity index (χ1) is 14.7. The van der Waals surface area contributed by atoms with Crippen molar-refractivity contribution in [1.29, 1.82) is 0 Å². The summed E-state index contributed by atoms with van der Waals surface area (Å²) in [5, 5.41) is 8.99. The van der Waals surface area contributed by atoms with E-state index in [1.165, 1.54) is 4.68 Å². The number of rotatable bonds is 5. The molecule has 4 rings (SSSR count). The maximum Gasteiger partial charge on any atom is 0.346 e. The maximum atomic E-state index is 13.3. The number of benzene rings is 1.